The molecule has 33 heavy (non-hydrogen) atoms. The molecule has 2 unspecified atom stereocenters. The lowest BCUT2D eigenvalue weighted by molar-refractivity contribution is 0.162. The summed E-state index contributed by atoms with van der Waals surface area (Å²) in [5.41, 5.74) is 4.40. The van der Waals surface area contributed by atoms with Crippen LogP contribution in [0.15, 0.2) is 48.5 Å². The lowest BCUT2D eigenvalue weighted by Crippen LogP contribution is -2.17. The molecule has 2 aromatic rings. The summed E-state index contributed by atoms with van der Waals surface area (Å²) in [4.78, 5) is 0. The first-order valence-electron chi connectivity index (χ1n) is 13.4. The van der Waals surface area contributed by atoms with Crippen molar-refractivity contribution in [3.63, 3.8) is 0 Å². The number of nitrogens with one attached hydrogen (secondary N) is 1. The zero-order valence-electron chi connectivity index (χ0n) is 21.1. The molecule has 0 amide bonds. The molecule has 0 aliphatic carbocycles. The number of unbranched alkanes of at least 4 members (excludes halogenated alkanes) is 8. The number of aliphatic hydroxyl groups is 2. The minimum absolute atomic E-state index is 0.397. The van der Waals surface area contributed by atoms with Crippen LogP contribution in [0.4, 0.5) is 0 Å². The van der Waals surface area contributed by atoms with Crippen LogP contribution in [0.25, 0.3) is 0 Å². The second kappa shape index (κ2) is 16.9. The van der Waals surface area contributed by atoms with Crippen LogP contribution in [-0.4, -0.2) is 10.2 Å². The highest BCUT2D eigenvalue weighted by molar-refractivity contribution is 5.31. The average Bonchev–Trinajstić information content (AvgIpc) is 2.84. The molecular weight excluding hydrogens is 406 g/mol. The van der Waals surface area contributed by atoms with Crippen molar-refractivity contribution in [2.24, 2.45) is 0 Å². The third-order valence-electron chi connectivity index (χ3n) is 6.62. The molecule has 3 N–H and O–H groups in total. The number of aliphatic hydroxyl groups excluding tert-OH is 2. The van der Waals surface area contributed by atoms with Crippen LogP contribution in [0.3, 0.4) is 0 Å². The van der Waals surface area contributed by atoms with Gasteiger partial charge in [-0.1, -0.05) is 127 Å². The summed E-state index contributed by atoms with van der Waals surface area (Å²) >= 11 is 0. The lowest BCUT2D eigenvalue weighted by atomic mass is 9.96. The van der Waals surface area contributed by atoms with E-state index >= 15 is 0 Å². The van der Waals surface area contributed by atoms with E-state index in [4.69, 9.17) is 0 Å². The van der Waals surface area contributed by atoms with Crippen molar-refractivity contribution in [1.29, 1.82) is 0 Å². The Bertz CT molecular complexity index is 697. The molecule has 2 atom stereocenters. The number of benzene rings is 2. The predicted molar refractivity (Wildman–Crippen MR) is 140 cm³/mol. The molecule has 0 spiro atoms. The van der Waals surface area contributed by atoms with Crippen molar-refractivity contribution in [3.8, 4) is 0 Å². The Balaban J connectivity index is 1.87. The van der Waals surface area contributed by atoms with Gasteiger partial charge in [0.05, 0.1) is 12.2 Å². The average molecular weight is 454 g/mol. The first-order chi connectivity index (χ1) is 16.2. The summed E-state index contributed by atoms with van der Waals surface area (Å²) in [7, 11) is 0. The molecule has 0 heterocycles. The van der Waals surface area contributed by atoms with Crippen molar-refractivity contribution in [2.75, 3.05) is 0 Å². The van der Waals surface area contributed by atoms with Gasteiger partial charge in [0, 0.05) is 13.1 Å². The van der Waals surface area contributed by atoms with Gasteiger partial charge in [-0.3, -0.25) is 0 Å². The lowest BCUT2D eigenvalue weighted by Gasteiger charge is -2.18. The Morgan fingerprint density at radius 1 is 0.576 bits per heavy atom. The highest BCUT2D eigenvalue weighted by Crippen LogP contribution is 2.25. The Kier molecular flexibility index (Phi) is 14.1. The maximum absolute atomic E-state index is 10.8. The SMILES string of the molecule is CCCCCCCC(O)c1ccccc1CNCc1ccccc1C(O)CCCCCCC. The number of hydrogen-bond acceptors (Lipinski definition) is 3. The molecule has 0 radical (unpaired) electrons. The fourth-order valence-electron chi connectivity index (χ4n) is 4.57. The Morgan fingerprint density at radius 2 is 0.970 bits per heavy atom. The summed E-state index contributed by atoms with van der Waals surface area (Å²) in [5, 5.41) is 25.1. The van der Waals surface area contributed by atoms with Crippen LogP contribution in [0.2, 0.25) is 0 Å². The van der Waals surface area contributed by atoms with Gasteiger partial charge >= 0.3 is 0 Å². The third kappa shape index (κ3) is 10.4. The summed E-state index contributed by atoms with van der Waals surface area (Å²) < 4.78 is 0. The standard InChI is InChI=1S/C30H47NO2/c1-3-5-7-9-11-21-29(32)27-19-15-13-17-25(27)23-31-24-26-18-14-16-20-28(26)30(33)22-12-10-8-6-4-2/h13-20,29-33H,3-12,21-24H2,1-2H3. The second-order valence-electron chi connectivity index (χ2n) is 9.44. The summed E-state index contributed by atoms with van der Waals surface area (Å²) in [5.74, 6) is 0. The second-order valence-corrected chi connectivity index (χ2v) is 9.44. The van der Waals surface area contributed by atoms with Crippen molar-refractivity contribution < 1.29 is 10.2 Å². The van der Waals surface area contributed by atoms with Gasteiger partial charge in [0.1, 0.15) is 0 Å². The van der Waals surface area contributed by atoms with Gasteiger partial charge < -0.3 is 15.5 Å². The fraction of sp³-hybridized carbons (Fsp3) is 0.600. The molecule has 0 aliphatic heterocycles. The molecule has 3 nitrogen and oxygen atoms in total. The van der Waals surface area contributed by atoms with Gasteiger partial charge in [0.25, 0.3) is 0 Å². The zero-order chi connectivity index (χ0) is 23.7. The van der Waals surface area contributed by atoms with Gasteiger partial charge in [0.15, 0.2) is 0 Å². The quantitative estimate of drug-likeness (QED) is 0.202. The minimum Gasteiger partial charge on any atom is -0.388 e. The molecule has 2 rings (SSSR count). The fourth-order valence-corrected chi connectivity index (χ4v) is 4.57. The van der Waals surface area contributed by atoms with E-state index in [1.807, 2.05) is 24.3 Å². The smallest absolute Gasteiger partial charge is 0.0793 e. The van der Waals surface area contributed by atoms with Gasteiger partial charge in [-0.05, 0) is 35.1 Å². The first kappa shape index (κ1) is 27.6. The van der Waals surface area contributed by atoms with E-state index in [0.717, 1.165) is 47.9 Å². The molecule has 0 bridgehead atoms. The van der Waals surface area contributed by atoms with Crippen LogP contribution >= 0.6 is 0 Å². The molecule has 184 valence electrons. The third-order valence-corrected chi connectivity index (χ3v) is 6.62. The number of hydrogen-bond donors (Lipinski definition) is 3. The molecule has 0 aromatic heterocycles. The van der Waals surface area contributed by atoms with Crippen LogP contribution < -0.4 is 5.32 Å². The van der Waals surface area contributed by atoms with E-state index in [0.29, 0.717) is 13.1 Å². The Hall–Kier alpha value is -1.68. The topological polar surface area (TPSA) is 52.5 Å². The Morgan fingerprint density at radius 3 is 1.39 bits per heavy atom. The van der Waals surface area contributed by atoms with Gasteiger partial charge in [0.2, 0.25) is 0 Å². The van der Waals surface area contributed by atoms with Crippen LogP contribution in [0.1, 0.15) is 125 Å². The summed E-state index contributed by atoms with van der Waals surface area (Å²) in [6.07, 6.45) is 13.0. The van der Waals surface area contributed by atoms with E-state index in [2.05, 4.69) is 43.4 Å². The first-order valence-corrected chi connectivity index (χ1v) is 13.4. The monoisotopic (exact) mass is 453 g/mol. The molecule has 2 aromatic carbocycles. The molecule has 0 fully saturated rings. The van der Waals surface area contributed by atoms with E-state index in [-0.39, 0.29) is 0 Å². The molecule has 0 saturated carbocycles. The summed E-state index contributed by atoms with van der Waals surface area (Å²) in [6, 6.07) is 16.5. The molecular formula is C30H47NO2. The normalized spacial score (nSPS) is 13.2. The van der Waals surface area contributed by atoms with Crippen molar-refractivity contribution in [1.82, 2.24) is 5.32 Å². The molecule has 0 saturated heterocycles. The zero-order valence-corrected chi connectivity index (χ0v) is 21.1. The predicted octanol–water partition coefficient (Wildman–Crippen LogP) is 7.76. The van der Waals surface area contributed by atoms with Crippen LogP contribution in [0.5, 0.6) is 0 Å². The van der Waals surface area contributed by atoms with Crippen molar-refractivity contribution in [3.05, 3.63) is 70.8 Å². The minimum atomic E-state index is -0.397. The van der Waals surface area contributed by atoms with Crippen molar-refractivity contribution >= 4 is 0 Å². The largest absolute Gasteiger partial charge is 0.388 e. The van der Waals surface area contributed by atoms with E-state index in [1.165, 1.54) is 51.4 Å². The van der Waals surface area contributed by atoms with E-state index < -0.39 is 12.2 Å². The van der Waals surface area contributed by atoms with Crippen LogP contribution in [0, 0.1) is 0 Å². The number of rotatable bonds is 18. The highest BCUT2D eigenvalue weighted by atomic mass is 16.3. The Labute approximate surface area is 202 Å². The van der Waals surface area contributed by atoms with Crippen molar-refractivity contribution in [2.45, 2.75) is 116 Å². The maximum Gasteiger partial charge on any atom is 0.0793 e. The van der Waals surface area contributed by atoms with Gasteiger partial charge in [-0.25, -0.2) is 0 Å². The van der Waals surface area contributed by atoms with Crippen LogP contribution in [-0.2, 0) is 13.1 Å². The highest BCUT2D eigenvalue weighted by Gasteiger charge is 2.14. The van der Waals surface area contributed by atoms with Gasteiger partial charge in [-0.15, -0.1) is 0 Å². The molecule has 0 aliphatic rings. The molecule has 3 heteroatoms. The van der Waals surface area contributed by atoms with Gasteiger partial charge in [-0.2, -0.15) is 0 Å². The maximum atomic E-state index is 10.8. The van der Waals surface area contributed by atoms with E-state index in [1.54, 1.807) is 0 Å². The summed E-state index contributed by atoms with van der Waals surface area (Å²) in [6.45, 7) is 5.88. The van der Waals surface area contributed by atoms with E-state index in [9.17, 15) is 10.2 Å².